The van der Waals surface area contributed by atoms with Gasteiger partial charge < -0.3 is 14.6 Å². The molecule has 2 amide bonds. The first-order chi connectivity index (χ1) is 16.8. The van der Waals surface area contributed by atoms with Crippen LogP contribution in [-0.2, 0) is 28.7 Å². The van der Waals surface area contributed by atoms with Crippen LogP contribution >= 0.6 is 0 Å². The van der Waals surface area contributed by atoms with Gasteiger partial charge in [-0.3, -0.25) is 19.3 Å². The second-order valence-corrected chi connectivity index (χ2v) is 11.4. The molecule has 0 aromatic carbocycles. The van der Waals surface area contributed by atoms with Crippen LogP contribution in [0.2, 0.25) is 0 Å². The van der Waals surface area contributed by atoms with E-state index < -0.39 is 22.9 Å². The highest BCUT2D eigenvalue weighted by atomic mass is 16.6. The molecule has 36 heavy (non-hydrogen) atoms. The number of ether oxygens (including phenoxy) is 2. The van der Waals surface area contributed by atoms with Crippen molar-refractivity contribution in [3.63, 3.8) is 0 Å². The van der Waals surface area contributed by atoms with E-state index in [0.717, 1.165) is 57.8 Å². The average molecular weight is 510 g/mol. The quantitative estimate of drug-likeness (QED) is 0.131. The lowest BCUT2D eigenvalue weighted by Gasteiger charge is -2.44. The molecule has 1 heterocycles. The SMILES string of the molecule is C=C(C)C(=O)OCC(O)COC(=O)CCCCCCCCCCCN1C(=O)C(C)(C)CC(C)(C)C1=O. The summed E-state index contributed by atoms with van der Waals surface area (Å²) in [5, 5.41) is 9.69. The second kappa shape index (κ2) is 15.1. The number of amides is 2. The molecule has 1 N–H and O–H groups in total. The summed E-state index contributed by atoms with van der Waals surface area (Å²) >= 11 is 0. The van der Waals surface area contributed by atoms with Crippen LogP contribution in [0, 0.1) is 10.8 Å². The fourth-order valence-electron chi connectivity index (χ4n) is 4.66. The Morgan fingerprint density at radius 1 is 0.861 bits per heavy atom. The minimum Gasteiger partial charge on any atom is -0.463 e. The van der Waals surface area contributed by atoms with Crippen LogP contribution in [0.25, 0.3) is 0 Å². The summed E-state index contributed by atoms with van der Waals surface area (Å²) in [6.07, 6.45) is 8.86. The topological polar surface area (TPSA) is 110 Å². The Labute approximate surface area is 216 Å². The van der Waals surface area contributed by atoms with Gasteiger partial charge in [0.1, 0.15) is 19.3 Å². The van der Waals surface area contributed by atoms with Crippen molar-refractivity contribution < 1.29 is 33.8 Å². The van der Waals surface area contributed by atoms with E-state index >= 15 is 0 Å². The Morgan fingerprint density at radius 3 is 1.81 bits per heavy atom. The van der Waals surface area contributed by atoms with Crippen LogP contribution in [0.15, 0.2) is 12.2 Å². The molecule has 0 spiro atoms. The molecule has 0 aromatic heterocycles. The van der Waals surface area contributed by atoms with Crippen molar-refractivity contribution in [2.75, 3.05) is 19.8 Å². The second-order valence-electron chi connectivity index (χ2n) is 11.4. The maximum atomic E-state index is 12.7. The average Bonchev–Trinajstić information content (AvgIpc) is 2.79. The van der Waals surface area contributed by atoms with E-state index in [2.05, 4.69) is 6.58 Å². The summed E-state index contributed by atoms with van der Waals surface area (Å²) < 4.78 is 9.82. The van der Waals surface area contributed by atoms with Gasteiger partial charge in [-0.15, -0.1) is 0 Å². The van der Waals surface area contributed by atoms with E-state index in [1.165, 1.54) is 11.8 Å². The molecule has 0 bridgehead atoms. The van der Waals surface area contributed by atoms with Crippen molar-refractivity contribution in [3.05, 3.63) is 12.2 Å². The highest BCUT2D eigenvalue weighted by molar-refractivity contribution is 6.02. The molecule has 0 aliphatic carbocycles. The molecule has 1 unspecified atom stereocenters. The number of carbonyl (C=O) groups excluding carboxylic acids is 4. The zero-order valence-electron chi connectivity index (χ0n) is 23.0. The standard InChI is InChI=1S/C28H47NO7/c1-21(2)24(32)36-19-22(30)18-35-23(31)16-14-12-10-8-7-9-11-13-15-17-29-25(33)27(3,4)20-28(5,6)26(29)34/h22,30H,1,7-20H2,2-6H3. The number of imide groups is 1. The lowest BCUT2D eigenvalue weighted by Crippen LogP contribution is -2.56. The first kappa shape index (κ1) is 31.8. The van der Waals surface area contributed by atoms with E-state index in [1.807, 2.05) is 27.7 Å². The van der Waals surface area contributed by atoms with Crippen LogP contribution in [0.1, 0.15) is 105 Å². The number of unbranched alkanes of at least 4 members (excludes halogenated alkanes) is 8. The number of nitrogens with zero attached hydrogens (tertiary/aromatic N) is 1. The van der Waals surface area contributed by atoms with Crippen LogP contribution in [0.5, 0.6) is 0 Å². The van der Waals surface area contributed by atoms with E-state index in [0.29, 0.717) is 19.4 Å². The first-order valence-corrected chi connectivity index (χ1v) is 13.3. The van der Waals surface area contributed by atoms with Gasteiger partial charge in [-0.25, -0.2) is 4.79 Å². The Kier molecular flexibility index (Phi) is 13.4. The van der Waals surface area contributed by atoms with Gasteiger partial charge in [-0.1, -0.05) is 79.2 Å². The largest absolute Gasteiger partial charge is 0.463 e. The molecule has 1 atom stereocenters. The predicted octanol–water partition coefficient (Wildman–Crippen LogP) is 4.72. The highest BCUT2D eigenvalue weighted by Crippen LogP contribution is 2.41. The number of aliphatic hydroxyl groups is 1. The molecule has 1 fully saturated rings. The zero-order valence-corrected chi connectivity index (χ0v) is 23.0. The van der Waals surface area contributed by atoms with E-state index in [1.54, 1.807) is 0 Å². The molecule has 0 saturated carbocycles. The van der Waals surface area contributed by atoms with E-state index in [-0.39, 0.29) is 36.6 Å². The van der Waals surface area contributed by atoms with Gasteiger partial charge in [0.05, 0.1) is 0 Å². The number of hydrogen-bond acceptors (Lipinski definition) is 7. The molecule has 0 aromatic rings. The first-order valence-electron chi connectivity index (χ1n) is 13.3. The molecule has 0 radical (unpaired) electrons. The molecule has 8 heteroatoms. The monoisotopic (exact) mass is 509 g/mol. The maximum Gasteiger partial charge on any atom is 0.333 e. The minimum atomic E-state index is -1.04. The van der Waals surface area contributed by atoms with Crippen molar-refractivity contribution in [1.29, 1.82) is 0 Å². The zero-order chi connectivity index (χ0) is 27.4. The number of piperidine rings is 1. The van der Waals surface area contributed by atoms with Crippen molar-refractivity contribution in [2.45, 2.75) is 111 Å². The fourth-order valence-corrected chi connectivity index (χ4v) is 4.66. The summed E-state index contributed by atoms with van der Waals surface area (Å²) in [4.78, 5) is 49.8. The van der Waals surface area contributed by atoms with Gasteiger partial charge in [-0.2, -0.15) is 0 Å². The fraction of sp³-hybridized carbons (Fsp3) is 0.786. The van der Waals surface area contributed by atoms with Gasteiger partial charge in [0, 0.05) is 29.4 Å². The summed E-state index contributed by atoms with van der Waals surface area (Å²) in [5.41, 5.74) is -0.733. The van der Waals surface area contributed by atoms with E-state index in [9.17, 15) is 24.3 Å². The predicted molar refractivity (Wildman–Crippen MR) is 138 cm³/mol. The molecule has 8 nitrogen and oxygen atoms in total. The van der Waals surface area contributed by atoms with Crippen molar-refractivity contribution in [1.82, 2.24) is 4.90 Å². The molecule has 1 aliphatic rings. The Hall–Kier alpha value is -2.22. The van der Waals surface area contributed by atoms with Crippen LogP contribution in [0.3, 0.4) is 0 Å². The highest BCUT2D eigenvalue weighted by Gasteiger charge is 2.49. The number of hydrogen-bond donors (Lipinski definition) is 1. The van der Waals surface area contributed by atoms with Gasteiger partial charge in [0.15, 0.2) is 0 Å². The van der Waals surface area contributed by atoms with Crippen LogP contribution in [-0.4, -0.2) is 59.6 Å². The van der Waals surface area contributed by atoms with Crippen molar-refractivity contribution >= 4 is 23.8 Å². The third-order valence-corrected chi connectivity index (χ3v) is 6.49. The Morgan fingerprint density at radius 2 is 1.31 bits per heavy atom. The smallest absolute Gasteiger partial charge is 0.333 e. The maximum absolute atomic E-state index is 12.7. The summed E-state index contributed by atoms with van der Waals surface area (Å²) in [7, 11) is 0. The van der Waals surface area contributed by atoms with Gasteiger partial charge in [0.2, 0.25) is 11.8 Å². The number of esters is 2. The van der Waals surface area contributed by atoms with Gasteiger partial charge in [0.25, 0.3) is 0 Å². The summed E-state index contributed by atoms with van der Waals surface area (Å²) in [6.45, 7) is 12.8. The lowest BCUT2D eigenvalue weighted by molar-refractivity contribution is -0.165. The number of carbonyl (C=O) groups is 4. The number of likely N-dealkylation sites (tertiary alicyclic amines) is 1. The molecular weight excluding hydrogens is 462 g/mol. The lowest BCUT2D eigenvalue weighted by atomic mass is 9.70. The molecular formula is C28H47NO7. The third kappa shape index (κ3) is 11.2. The minimum absolute atomic E-state index is 0.0454. The summed E-state index contributed by atoms with van der Waals surface area (Å²) in [5.74, 6) is -1.04. The van der Waals surface area contributed by atoms with Crippen LogP contribution < -0.4 is 0 Å². The Balaban J connectivity index is 2.03. The number of rotatable bonds is 17. The third-order valence-electron chi connectivity index (χ3n) is 6.49. The van der Waals surface area contributed by atoms with Gasteiger partial charge >= 0.3 is 11.9 Å². The summed E-state index contributed by atoms with van der Waals surface area (Å²) in [6, 6.07) is 0. The van der Waals surface area contributed by atoms with Crippen molar-refractivity contribution in [3.8, 4) is 0 Å². The Bertz CT molecular complexity index is 746. The number of aliphatic hydroxyl groups excluding tert-OH is 1. The molecule has 1 rings (SSSR count). The normalized spacial score (nSPS) is 17.6. The molecule has 206 valence electrons. The van der Waals surface area contributed by atoms with E-state index in [4.69, 9.17) is 9.47 Å². The molecule has 1 saturated heterocycles. The van der Waals surface area contributed by atoms with Crippen molar-refractivity contribution in [2.24, 2.45) is 10.8 Å². The van der Waals surface area contributed by atoms with Gasteiger partial charge in [-0.05, 0) is 26.2 Å². The molecule has 1 aliphatic heterocycles. The van der Waals surface area contributed by atoms with Crippen LogP contribution in [0.4, 0.5) is 0 Å².